The van der Waals surface area contributed by atoms with Gasteiger partial charge in [0.05, 0.1) is 13.7 Å². The SMILES string of the molecule is COc1cccc(CN2CC3(CCN(Cc4ncc[nH]4)CC3)CC2=O)c1. The van der Waals surface area contributed by atoms with Gasteiger partial charge in [-0.15, -0.1) is 0 Å². The number of amides is 1. The van der Waals surface area contributed by atoms with Crippen molar-refractivity contribution in [3.63, 3.8) is 0 Å². The summed E-state index contributed by atoms with van der Waals surface area (Å²) in [6.07, 6.45) is 6.51. The molecule has 0 unspecified atom stereocenters. The van der Waals surface area contributed by atoms with Crippen molar-refractivity contribution in [2.75, 3.05) is 26.7 Å². The first kappa shape index (κ1) is 17.1. The monoisotopic (exact) mass is 354 g/mol. The van der Waals surface area contributed by atoms with Gasteiger partial charge in [-0.05, 0) is 49.0 Å². The van der Waals surface area contributed by atoms with E-state index in [1.54, 1.807) is 13.3 Å². The molecule has 0 aliphatic carbocycles. The number of likely N-dealkylation sites (tertiary alicyclic amines) is 2. The topological polar surface area (TPSA) is 61.5 Å². The predicted octanol–water partition coefficient (Wildman–Crippen LogP) is 2.43. The van der Waals surface area contributed by atoms with Crippen LogP contribution < -0.4 is 4.74 Å². The van der Waals surface area contributed by atoms with Crippen LogP contribution in [0, 0.1) is 5.41 Å². The van der Waals surface area contributed by atoms with Gasteiger partial charge in [-0.25, -0.2) is 4.98 Å². The molecule has 3 heterocycles. The van der Waals surface area contributed by atoms with Gasteiger partial charge in [0, 0.05) is 31.9 Å². The zero-order valence-corrected chi connectivity index (χ0v) is 15.3. The number of carbonyl (C=O) groups excluding carboxylic acids is 1. The lowest BCUT2D eigenvalue weighted by Crippen LogP contribution is -2.41. The van der Waals surface area contributed by atoms with Gasteiger partial charge in [0.1, 0.15) is 11.6 Å². The predicted molar refractivity (Wildman–Crippen MR) is 98.6 cm³/mol. The van der Waals surface area contributed by atoms with Gasteiger partial charge >= 0.3 is 0 Å². The van der Waals surface area contributed by atoms with Gasteiger partial charge in [-0.2, -0.15) is 0 Å². The molecule has 26 heavy (non-hydrogen) atoms. The number of hydrogen-bond acceptors (Lipinski definition) is 4. The molecule has 0 radical (unpaired) electrons. The quantitative estimate of drug-likeness (QED) is 0.896. The summed E-state index contributed by atoms with van der Waals surface area (Å²) < 4.78 is 5.29. The summed E-state index contributed by atoms with van der Waals surface area (Å²) in [5, 5.41) is 0. The number of H-pyrrole nitrogens is 1. The van der Waals surface area contributed by atoms with Gasteiger partial charge in [-0.1, -0.05) is 12.1 Å². The first-order chi connectivity index (χ1) is 12.7. The molecule has 1 spiro atoms. The summed E-state index contributed by atoms with van der Waals surface area (Å²) in [6.45, 7) is 4.47. The van der Waals surface area contributed by atoms with Crippen LogP contribution in [0.2, 0.25) is 0 Å². The third-order valence-corrected chi connectivity index (χ3v) is 5.76. The lowest BCUT2D eigenvalue weighted by atomic mass is 9.77. The van der Waals surface area contributed by atoms with Crippen LogP contribution in [0.25, 0.3) is 0 Å². The number of aromatic amines is 1. The molecule has 2 aliphatic rings. The van der Waals surface area contributed by atoms with Crippen LogP contribution >= 0.6 is 0 Å². The Balaban J connectivity index is 1.35. The van der Waals surface area contributed by atoms with Crippen LogP contribution in [-0.4, -0.2) is 52.4 Å². The highest BCUT2D eigenvalue weighted by Crippen LogP contribution is 2.41. The highest BCUT2D eigenvalue weighted by Gasteiger charge is 2.44. The van der Waals surface area contributed by atoms with Gasteiger partial charge in [-0.3, -0.25) is 9.69 Å². The third kappa shape index (κ3) is 3.60. The van der Waals surface area contributed by atoms with Crippen molar-refractivity contribution in [3.05, 3.63) is 48.0 Å². The largest absolute Gasteiger partial charge is 0.497 e. The van der Waals surface area contributed by atoms with Crippen LogP contribution in [0.4, 0.5) is 0 Å². The molecule has 1 aromatic carbocycles. The first-order valence-electron chi connectivity index (χ1n) is 9.27. The summed E-state index contributed by atoms with van der Waals surface area (Å²) in [5.74, 6) is 2.14. The standard InChI is InChI=1S/C20H26N4O2/c1-26-17-4-2-3-16(11-17)13-24-15-20(12-19(24)25)5-9-23(10-6-20)14-18-21-7-8-22-18/h2-4,7-8,11H,5-6,9-10,12-15H2,1H3,(H,21,22). The van der Waals surface area contributed by atoms with E-state index in [0.717, 1.165) is 56.2 Å². The second kappa shape index (κ2) is 7.11. The van der Waals surface area contributed by atoms with Gasteiger partial charge < -0.3 is 14.6 Å². The van der Waals surface area contributed by atoms with Crippen molar-refractivity contribution in [2.45, 2.75) is 32.4 Å². The Kier molecular flexibility index (Phi) is 4.68. The fraction of sp³-hybridized carbons (Fsp3) is 0.500. The molecule has 0 bridgehead atoms. The van der Waals surface area contributed by atoms with Gasteiger partial charge in [0.2, 0.25) is 5.91 Å². The molecule has 2 fully saturated rings. The molecule has 2 aromatic rings. The number of ether oxygens (including phenoxy) is 1. The van der Waals surface area contributed by atoms with Crippen LogP contribution in [0.3, 0.4) is 0 Å². The number of methoxy groups -OCH3 is 1. The Labute approximate surface area is 154 Å². The van der Waals surface area contributed by atoms with E-state index in [0.29, 0.717) is 13.0 Å². The number of carbonyl (C=O) groups is 1. The van der Waals surface area contributed by atoms with Crippen molar-refractivity contribution < 1.29 is 9.53 Å². The van der Waals surface area contributed by atoms with E-state index >= 15 is 0 Å². The summed E-state index contributed by atoms with van der Waals surface area (Å²) >= 11 is 0. The highest BCUT2D eigenvalue weighted by molar-refractivity contribution is 5.79. The summed E-state index contributed by atoms with van der Waals surface area (Å²) in [5.41, 5.74) is 1.28. The first-order valence-corrected chi connectivity index (χ1v) is 9.27. The summed E-state index contributed by atoms with van der Waals surface area (Å²) in [4.78, 5) is 24.6. The minimum Gasteiger partial charge on any atom is -0.497 e. The van der Waals surface area contributed by atoms with Crippen molar-refractivity contribution in [3.8, 4) is 5.75 Å². The zero-order valence-electron chi connectivity index (χ0n) is 15.3. The van der Waals surface area contributed by atoms with Crippen molar-refractivity contribution in [1.82, 2.24) is 19.8 Å². The van der Waals surface area contributed by atoms with Crippen LogP contribution in [0.15, 0.2) is 36.7 Å². The molecular formula is C20H26N4O2. The van der Waals surface area contributed by atoms with E-state index in [2.05, 4.69) is 20.9 Å². The van der Waals surface area contributed by atoms with E-state index < -0.39 is 0 Å². The van der Waals surface area contributed by atoms with E-state index in [4.69, 9.17) is 4.74 Å². The average molecular weight is 354 g/mol. The zero-order chi connectivity index (χ0) is 18.0. The molecule has 0 atom stereocenters. The van der Waals surface area contributed by atoms with Crippen molar-refractivity contribution in [1.29, 1.82) is 0 Å². The van der Waals surface area contributed by atoms with Crippen molar-refractivity contribution in [2.24, 2.45) is 5.41 Å². The van der Waals surface area contributed by atoms with Crippen LogP contribution in [0.1, 0.15) is 30.7 Å². The molecular weight excluding hydrogens is 328 g/mol. The number of nitrogens with one attached hydrogen (secondary N) is 1. The Hall–Kier alpha value is -2.34. The molecule has 0 saturated carbocycles. The second-order valence-corrected chi connectivity index (χ2v) is 7.59. The maximum absolute atomic E-state index is 12.6. The smallest absolute Gasteiger partial charge is 0.223 e. The molecule has 1 N–H and O–H groups in total. The average Bonchev–Trinajstić information content (AvgIpc) is 3.26. The number of nitrogens with zero attached hydrogens (tertiary/aromatic N) is 3. The Morgan fingerprint density at radius 2 is 2.12 bits per heavy atom. The maximum Gasteiger partial charge on any atom is 0.223 e. The number of rotatable bonds is 5. The molecule has 1 amide bonds. The molecule has 138 valence electrons. The van der Waals surface area contributed by atoms with Crippen LogP contribution in [-0.2, 0) is 17.9 Å². The maximum atomic E-state index is 12.6. The highest BCUT2D eigenvalue weighted by atomic mass is 16.5. The lowest BCUT2D eigenvalue weighted by molar-refractivity contribution is -0.128. The Morgan fingerprint density at radius 1 is 1.27 bits per heavy atom. The Bertz CT molecular complexity index is 751. The third-order valence-electron chi connectivity index (χ3n) is 5.76. The second-order valence-electron chi connectivity index (χ2n) is 7.59. The molecule has 2 saturated heterocycles. The van der Waals surface area contributed by atoms with Crippen LogP contribution in [0.5, 0.6) is 5.75 Å². The summed E-state index contributed by atoms with van der Waals surface area (Å²) in [6, 6.07) is 8.00. The lowest BCUT2D eigenvalue weighted by Gasteiger charge is -2.38. The van der Waals surface area contributed by atoms with E-state index in [1.807, 2.05) is 29.3 Å². The minimum atomic E-state index is 0.148. The van der Waals surface area contributed by atoms with E-state index in [-0.39, 0.29) is 11.3 Å². The minimum absolute atomic E-state index is 0.148. The fourth-order valence-electron chi connectivity index (χ4n) is 4.23. The number of benzene rings is 1. The van der Waals surface area contributed by atoms with E-state index in [9.17, 15) is 4.79 Å². The Morgan fingerprint density at radius 3 is 2.85 bits per heavy atom. The normalized spacial score (nSPS) is 20.0. The van der Waals surface area contributed by atoms with Gasteiger partial charge in [0.25, 0.3) is 0 Å². The molecule has 1 aromatic heterocycles. The number of hydrogen-bond donors (Lipinski definition) is 1. The molecule has 6 heteroatoms. The van der Waals surface area contributed by atoms with Crippen molar-refractivity contribution >= 4 is 5.91 Å². The number of aromatic nitrogens is 2. The molecule has 6 nitrogen and oxygen atoms in total. The fourth-order valence-corrected chi connectivity index (χ4v) is 4.23. The summed E-state index contributed by atoms with van der Waals surface area (Å²) in [7, 11) is 1.67. The van der Waals surface area contributed by atoms with Gasteiger partial charge in [0.15, 0.2) is 0 Å². The molecule has 4 rings (SSSR count). The number of piperidine rings is 1. The molecule has 2 aliphatic heterocycles. The number of imidazole rings is 1. The van der Waals surface area contributed by atoms with E-state index in [1.165, 1.54) is 0 Å².